The summed E-state index contributed by atoms with van der Waals surface area (Å²) in [5.74, 6) is -0.918. The van der Waals surface area contributed by atoms with E-state index in [9.17, 15) is 9.59 Å². The molecule has 0 saturated heterocycles. The van der Waals surface area contributed by atoms with Crippen LogP contribution in [-0.4, -0.2) is 21.9 Å². The highest BCUT2D eigenvalue weighted by Gasteiger charge is 2.24. The van der Waals surface area contributed by atoms with E-state index in [1.165, 1.54) is 11.1 Å². The number of fused-ring (bicyclic) bond motifs is 1. The standard InChI is InChI=1S/C14H17NO3/c1-10(7-14(17)18)6-13(16)15-8-11-4-2-3-5-12(11)9-15/h2-5,10H,6-9H2,1H3,(H,17,18). The monoisotopic (exact) mass is 247 g/mol. The molecule has 1 amide bonds. The molecular weight excluding hydrogens is 230 g/mol. The predicted octanol–water partition coefficient (Wildman–Crippen LogP) is 2.03. The number of benzene rings is 1. The number of carbonyl (C=O) groups excluding carboxylic acids is 1. The molecule has 1 unspecified atom stereocenters. The molecule has 0 fully saturated rings. The van der Waals surface area contributed by atoms with Crippen LogP contribution in [-0.2, 0) is 22.7 Å². The summed E-state index contributed by atoms with van der Waals surface area (Å²) in [5.41, 5.74) is 2.38. The van der Waals surface area contributed by atoms with E-state index in [0.29, 0.717) is 19.5 Å². The molecule has 1 heterocycles. The van der Waals surface area contributed by atoms with Gasteiger partial charge >= 0.3 is 5.97 Å². The van der Waals surface area contributed by atoms with Crippen LogP contribution in [0.25, 0.3) is 0 Å². The minimum absolute atomic E-state index is 0.0416. The normalized spacial score (nSPS) is 15.3. The van der Waals surface area contributed by atoms with Gasteiger partial charge in [-0.15, -0.1) is 0 Å². The van der Waals surface area contributed by atoms with Crippen molar-refractivity contribution in [1.29, 1.82) is 0 Å². The second kappa shape index (κ2) is 5.21. The second-order valence-corrected chi connectivity index (χ2v) is 4.93. The Morgan fingerprint density at radius 1 is 1.22 bits per heavy atom. The number of nitrogens with zero attached hydrogens (tertiary/aromatic N) is 1. The van der Waals surface area contributed by atoms with Gasteiger partial charge in [-0.3, -0.25) is 9.59 Å². The van der Waals surface area contributed by atoms with E-state index in [0.717, 1.165) is 0 Å². The number of carbonyl (C=O) groups is 2. The maximum absolute atomic E-state index is 12.0. The summed E-state index contributed by atoms with van der Waals surface area (Å²) in [7, 11) is 0. The van der Waals surface area contributed by atoms with Gasteiger partial charge in [0.2, 0.25) is 5.91 Å². The van der Waals surface area contributed by atoms with Gasteiger partial charge in [-0.25, -0.2) is 0 Å². The highest BCUT2D eigenvalue weighted by atomic mass is 16.4. The molecule has 4 nitrogen and oxygen atoms in total. The van der Waals surface area contributed by atoms with Crippen LogP contribution >= 0.6 is 0 Å². The molecule has 1 aromatic carbocycles. The lowest BCUT2D eigenvalue weighted by Crippen LogP contribution is -2.27. The summed E-state index contributed by atoms with van der Waals surface area (Å²) in [4.78, 5) is 24.4. The van der Waals surface area contributed by atoms with Gasteiger partial charge in [0, 0.05) is 25.9 Å². The lowest BCUT2D eigenvalue weighted by Gasteiger charge is -2.17. The van der Waals surface area contributed by atoms with Crippen LogP contribution in [0, 0.1) is 5.92 Å². The molecule has 0 radical (unpaired) electrons. The smallest absolute Gasteiger partial charge is 0.303 e. The summed E-state index contributed by atoms with van der Waals surface area (Å²) < 4.78 is 0. The molecule has 96 valence electrons. The molecule has 0 aromatic heterocycles. The van der Waals surface area contributed by atoms with Crippen LogP contribution in [0.2, 0.25) is 0 Å². The van der Waals surface area contributed by atoms with E-state index in [-0.39, 0.29) is 18.2 Å². The number of hydrogen-bond donors (Lipinski definition) is 1. The maximum atomic E-state index is 12.0. The van der Waals surface area contributed by atoms with Crippen LogP contribution in [0.5, 0.6) is 0 Å². The van der Waals surface area contributed by atoms with Gasteiger partial charge in [-0.2, -0.15) is 0 Å². The first-order valence-electron chi connectivity index (χ1n) is 6.12. The molecule has 1 aliphatic rings. The molecule has 0 saturated carbocycles. The second-order valence-electron chi connectivity index (χ2n) is 4.93. The van der Waals surface area contributed by atoms with Crippen LogP contribution in [0.1, 0.15) is 30.9 Å². The van der Waals surface area contributed by atoms with E-state index >= 15 is 0 Å². The number of hydrogen-bond acceptors (Lipinski definition) is 2. The lowest BCUT2D eigenvalue weighted by atomic mass is 10.0. The molecule has 4 heteroatoms. The largest absolute Gasteiger partial charge is 0.481 e. The van der Waals surface area contributed by atoms with Crippen molar-refractivity contribution in [3.05, 3.63) is 35.4 Å². The lowest BCUT2D eigenvalue weighted by molar-refractivity contribution is -0.138. The Hall–Kier alpha value is -1.84. The Kier molecular flexibility index (Phi) is 3.65. The third-order valence-corrected chi connectivity index (χ3v) is 3.24. The van der Waals surface area contributed by atoms with Crippen LogP contribution < -0.4 is 0 Å². The van der Waals surface area contributed by atoms with Crippen molar-refractivity contribution >= 4 is 11.9 Å². The SMILES string of the molecule is CC(CC(=O)O)CC(=O)N1Cc2ccccc2C1. The topological polar surface area (TPSA) is 57.6 Å². The minimum Gasteiger partial charge on any atom is -0.481 e. The molecule has 1 N–H and O–H groups in total. The third kappa shape index (κ3) is 2.88. The number of carboxylic acid groups (broad SMARTS) is 1. The summed E-state index contributed by atoms with van der Waals surface area (Å²) >= 11 is 0. The van der Waals surface area contributed by atoms with Crippen molar-refractivity contribution in [2.24, 2.45) is 5.92 Å². The molecule has 1 aromatic rings. The fourth-order valence-corrected chi connectivity index (χ4v) is 2.31. The number of carboxylic acids is 1. The fourth-order valence-electron chi connectivity index (χ4n) is 2.31. The van der Waals surface area contributed by atoms with Gasteiger partial charge in [0.15, 0.2) is 0 Å². The summed E-state index contributed by atoms with van der Waals surface area (Å²) in [6.45, 7) is 3.10. The number of amides is 1. The minimum atomic E-state index is -0.847. The van der Waals surface area contributed by atoms with Crippen LogP contribution in [0.3, 0.4) is 0 Å². The zero-order chi connectivity index (χ0) is 13.1. The van der Waals surface area contributed by atoms with E-state index < -0.39 is 5.97 Å². The fraction of sp³-hybridized carbons (Fsp3) is 0.429. The van der Waals surface area contributed by atoms with Crippen molar-refractivity contribution in [2.45, 2.75) is 32.9 Å². The predicted molar refractivity (Wildman–Crippen MR) is 66.7 cm³/mol. The highest BCUT2D eigenvalue weighted by Crippen LogP contribution is 2.23. The molecule has 0 spiro atoms. The molecule has 0 bridgehead atoms. The molecule has 2 rings (SSSR count). The quantitative estimate of drug-likeness (QED) is 0.885. The number of rotatable bonds is 4. The van der Waals surface area contributed by atoms with E-state index in [1.54, 1.807) is 11.8 Å². The van der Waals surface area contributed by atoms with Gasteiger partial charge in [0.25, 0.3) is 0 Å². The molecule has 1 aliphatic heterocycles. The average Bonchev–Trinajstić information content (AvgIpc) is 2.71. The Bertz CT molecular complexity index is 445. The van der Waals surface area contributed by atoms with E-state index in [4.69, 9.17) is 5.11 Å². The Labute approximate surface area is 106 Å². The third-order valence-electron chi connectivity index (χ3n) is 3.24. The van der Waals surface area contributed by atoms with Crippen molar-refractivity contribution in [3.8, 4) is 0 Å². The van der Waals surface area contributed by atoms with E-state index in [2.05, 4.69) is 0 Å². The van der Waals surface area contributed by atoms with Gasteiger partial charge < -0.3 is 10.0 Å². The first-order valence-corrected chi connectivity index (χ1v) is 6.12. The van der Waals surface area contributed by atoms with Gasteiger partial charge in [0.1, 0.15) is 0 Å². The molecular formula is C14H17NO3. The van der Waals surface area contributed by atoms with E-state index in [1.807, 2.05) is 24.3 Å². The summed E-state index contributed by atoms with van der Waals surface area (Å²) in [6, 6.07) is 8.01. The van der Waals surface area contributed by atoms with Crippen molar-refractivity contribution < 1.29 is 14.7 Å². The maximum Gasteiger partial charge on any atom is 0.303 e. The molecule has 0 aliphatic carbocycles. The Balaban J connectivity index is 1.91. The van der Waals surface area contributed by atoms with Crippen molar-refractivity contribution in [1.82, 2.24) is 4.90 Å². The zero-order valence-corrected chi connectivity index (χ0v) is 10.4. The summed E-state index contributed by atoms with van der Waals surface area (Å²) in [5, 5.41) is 8.68. The molecule has 1 atom stereocenters. The zero-order valence-electron chi connectivity index (χ0n) is 10.4. The van der Waals surface area contributed by atoms with Gasteiger partial charge in [-0.05, 0) is 17.0 Å². The first kappa shape index (κ1) is 12.6. The van der Waals surface area contributed by atoms with Crippen molar-refractivity contribution in [3.63, 3.8) is 0 Å². The van der Waals surface area contributed by atoms with Crippen LogP contribution in [0.4, 0.5) is 0 Å². The van der Waals surface area contributed by atoms with Crippen molar-refractivity contribution in [2.75, 3.05) is 0 Å². The van der Waals surface area contributed by atoms with Gasteiger partial charge in [0.05, 0.1) is 0 Å². The highest BCUT2D eigenvalue weighted by molar-refractivity contribution is 5.78. The van der Waals surface area contributed by atoms with Gasteiger partial charge in [-0.1, -0.05) is 31.2 Å². The Morgan fingerprint density at radius 3 is 2.28 bits per heavy atom. The Morgan fingerprint density at radius 2 is 1.78 bits per heavy atom. The molecule has 18 heavy (non-hydrogen) atoms. The summed E-state index contributed by atoms with van der Waals surface area (Å²) in [6.07, 6.45) is 0.354. The average molecular weight is 247 g/mol. The first-order chi connectivity index (χ1) is 8.56. The van der Waals surface area contributed by atoms with Crippen LogP contribution in [0.15, 0.2) is 24.3 Å². The number of aliphatic carboxylic acids is 1.